The van der Waals surface area contributed by atoms with Crippen LogP contribution in [0.5, 0.6) is 0 Å². The Morgan fingerprint density at radius 3 is 1.00 bits per heavy atom. The van der Waals surface area contributed by atoms with E-state index in [1.807, 2.05) is 0 Å². The van der Waals surface area contributed by atoms with Crippen molar-refractivity contribution < 1.29 is 49.7 Å². The second kappa shape index (κ2) is 11.2. The van der Waals surface area contributed by atoms with Crippen LogP contribution in [0.1, 0.15) is 5.71 Å². The number of hydrogen-bond donors (Lipinski definition) is 4. The molecule has 0 amide bonds. The summed E-state index contributed by atoms with van der Waals surface area (Å²) in [5.41, 5.74) is 0. The molecule has 80 valence electrons. The molecular weight excluding hydrogens is 286 g/mol. The maximum atomic E-state index is 9.63. The molecule has 13 heavy (non-hydrogen) atoms. The van der Waals surface area contributed by atoms with Crippen molar-refractivity contribution >= 4 is 91.1 Å². The third-order valence-corrected chi connectivity index (χ3v) is 1.91. The van der Waals surface area contributed by atoms with Gasteiger partial charge in [0.1, 0.15) is 0 Å². The summed E-state index contributed by atoms with van der Waals surface area (Å²) in [6.45, 7) is 0. The summed E-state index contributed by atoms with van der Waals surface area (Å²) in [6.07, 6.45) is 0. The third kappa shape index (κ3) is 31.3. The normalized spacial score (nSPS) is 9.54. The van der Waals surface area contributed by atoms with Crippen LogP contribution in [0.25, 0.3) is 0 Å². The van der Waals surface area contributed by atoms with Gasteiger partial charge in [0.05, 0.1) is 0 Å². The average Bonchev–Trinajstić information content (AvgIpc) is 1.14. The fourth-order valence-corrected chi connectivity index (χ4v) is 1.25. The van der Waals surface area contributed by atoms with Gasteiger partial charge in [-0.2, -0.15) is 4.31 Å². The Morgan fingerprint density at radius 1 is 0.846 bits per heavy atom. The van der Waals surface area contributed by atoms with Crippen molar-refractivity contribution in [1.82, 2.24) is 0 Å². The van der Waals surface area contributed by atoms with Crippen LogP contribution in [-0.2, 0) is 13.4 Å². The second-order valence-corrected chi connectivity index (χ2v) is 3.68. The van der Waals surface area contributed by atoms with Crippen molar-refractivity contribution in [3.63, 3.8) is 0 Å². The van der Waals surface area contributed by atoms with Gasteiger partial charge in [0.2, 0.25) is 0 Å². The van der Waals surface area contributed by atoms with E-state index >= 15 is 0 Å². The quantitative estimate of drug-likeness (QED) is 0.313. The van der Waals surface area contributed by atoms with Crippen molar-refractivity contribution in [1.29, 1.82) is 0 Å². The first-order chi connectivity index (χ1) is 3.71. The van der Waals surface area contributed by atoms with Gasteiger partial charge in [-0.25, -0.2) is 9.13 Å². The molecule has 0 atom stereocenters. The summed E-state index contributed by atoms with van der Waals surface area (Å²) in [7, 11) is -10.1. The van der Waals surface area contributed by atoms with Gasteiger partial charge >= 0.3 is 91.1 Å². The molecule has 0 fully saturated rings. The predicted molar refractivity (Wildman–Crippen MR) is 48.4 cm³/mol. The van der Waals surface area contributed by atoms with Crippen LogP contribution in [-0.4, -0.2) is 106 Å². The van der Waals surface area contributed by atoms with E-state index in [1.165, 1.54) is 0 Å². The zero-order valence-corrected chi connectivity index (χ0v) is 12.5. The number of phosphoric acid groups is 2. The van der Waals surface area contributed by atoms with Crippen LogP contribution in [0, 0.1) is 0 Å². The van der Waals surface area contributed by atoms with Crippen molar-refractivity contribution in [3.05, 3.63) is 0 Å². The van der Waals surface area contributed by atoms with E-state index in [0.29, 0.717) is 0 Å². The molecule has 9 nitrogen and oxygen atoms in total. The SMILES string of the molecule is O.O.O=P(O)(O)OP(=O)(O)O.[Ca+2].[Ca+2].[H-].[H-].[H-].[H-]. The van der Waals surface area contributed by atoms with E-state index < -0.39 is 15.6 Å². The van der Waals surface area contributed by atoms with Crippen molar-refractivity contribution in [2.24, 2.45) is 0 Å². The minimum atomic E-state index is -5.05. The van der Waals surface area contributed by atoms with Gasteiger partial charge in [-0.3, -0.25) is 0 Å². The second-order valence-electron chi connectivity index (χ2n) is 1.06. The molecule has 13 heteroatoms. The molecule has 0 aliphatic rings. The van der Waals surface area contributed by atoms with Gasteiger partial charge in [0.15, 0.2) is 0 Å². The summed E-state index contributed by atoms with van der Waals surface area (Å²) in [5.74, 6) is 0. The summed E-state index contributed by atoms with van der Waals surface area (Å²) >= 11 is 0. The van der Waals surface area contributed by atoms with Crippen molar-refractivity contribution in [2.45, 2.75) is 0 Å². The van der Waals surface area contributed by atoms with E-state index in [-0.39, 0.29) is 92.1 Å². The van der Waals surface area contributed by atoms with Crippen LogP contribution in [0.4, 0.5) is 0 Å². The van der Waals surface area contributed by atoms with Gasteiger partial charge in [0, 0.05) is 0 Å². The zero-order chi connectivity index (χ0) is 7.71. The summed E-state index contributed by atoms with van der Waals surface area (Å²) in [5, 5.41) is 0. The van der Waals surface area contributed by atoms with Crippen LogP contribution in [0.3, 0.4) is 0 Å². The van der Waals surface area contributed by atoms with Gasteiger partial charge in [-0.05, 0) is 0 Å². The molecule has 0 spiro atoms. The van der Waals surface area contributed by atoms with Crippen LogP contribution in [0.15, 0.2) is 0 Å². The Labute approximate surface area is 139 Å². The first kappa shape index (κ1) is 29.6. The zero-order valence-electron chi connectivity index (χ0n) is 10.3. The van der Waals surface area contributed by atoms with Crippen molar-refractivity contribution in [3.8, 4) is 0 Å². The predicted octanol–water partition coefficient (Wildman–Crippen LogP) is -2.77. The van der Waals surface area contributed by atoms with E-state index in [0.717, 1.165) is 0 Å². The molecule has 0 saturated heterocycles. The molecule has 8 N–H and O–H groups in total. The first-order valence-electron chi connectivity index (χ1n) is 1.53. The number of hydrogen-bond acceptors (Lipinski definition) is 3. The third-order valence-electron chi connectivity index (χ3n) is 0.213. The van der Waals surface area contributed by atoms with Crippen LogP contribution < -0.4 is 0 Å². The van der Waals surface area contributed by atoms with E-state index in [1.54, 1.807) is 0 Å². The minimum Gasteiger partial charge on any atom is -1.00 e. The Morgan fingerprint density at radius 2 is 1.00 bits per heavy atom. The Hall–Kier alpha value is 2.70. The molecular formula is H12Ca2O9P2. The monoisotopic (exact) mass is 298 g/mol. The number of rotatable bonds is 2. The molecule has 0 rings (SSSR count). The first-order valence-corrected chi connectivity index (χ1v) is 4.59. The molecule has 0 heterocycles. The molecule has 0 aromatic carbocycles. The van der Waals surface area contributed by atoms with Gasteiger partial charge in [0.25, 0.3) is 0 Å². The van der Waals surface area contributed by atoms with E-state index in [9.17, 15) is 9.13 Å². The van der Waals surface area contributed by atoms with Crippen LogP contribution >= 0.6 is 15.6 Å². The van der Waals surface area contributed by atoms with E-state index in [2.05, 4.69) is 4.31 Å². The standard InChI is InChI=1S/2Ca.H4O7P2.2H2O.4H/c;;1-8(2,3)7-9(4,5)6;;;;;;/h;;(H2,1,2,3)(H2,4,5,6);2*1H2;;;;/q2*+2;;;;4*-1. The molecule has 0 aliphatic heterocycles. The maximum Gasteiger partial charge on any atom is 2.00 e. The van der Waals surface area contributed by atoms with Crippen molar-refractivity contribution in [2.75, 3.05) is 0 Å². The molecule has 0 bridgehead atoms. The molecule has 0 saturated carbocycles. The minimum absolute atomic E-state index is 0. The average molecular weight is 298 g/mol. The fraction of sp³-hybridized carbons (Fsp3) is 0. The molecule has 0 aromatic rings. The topological polar surface area (TPSA) is 187 Å². The summed E-state index contributed by atoms with van der Waals surface area (Å²) in [6, 6.07) is 0. The van der Waals surface area contributed by atoms with Crippen LogP contribution in [0.2, 0.25) is 0 Å². The summed E-state index contributed by atoms with van der Waals surface area (Å²) < 4.78 is 22.2. The van der Waals surface area contributed by atoms with E-state index in [4.69, 9.17) is 19.6 Å². The van der Waals surface area contributed by atoms with Gasteiger partial charge in [-0.1, -0.05) is 0 Å². The largest absolute Gasteiger partial charge is 2.00 e. The van der Waals surface area contributed by atoms with Gasteiger partial charge in [-0.15, -0.1) is 0 Å². The Balaban J connectivity index is -0.0000000114. The smallest absolute Gasteiger partial charge is 1.00 e. The molecule has 0 aromatic heterocycles. The Bertz CT molecular complexity index is 169. The fourth-order valence-electron chi connectivity index (χ4n) is 0.139. The van der Waals surface area contributed by atoms with Gasteiger partial charge < -0.3 is 36.2 Å². The molecule has 0 radical (unpaired) electrons. The summed E-state index contributed by atoms with van der Waals surface area (Å²) in [4.78, 5) is 31.0. The molecule has 0 unspecified atom stereocenters. The Kier molecular flexibility index (Phi) is 25.5. The molecule has 0 aliphatic carbocycles. The maximum absolute atomic E-state index is 9.63.